The van der Waals surface area contributed by atoms with Gasteiger partial charge >= 0.3 is 0 Å². The van der Waals surface area contributed by atoms with Crippen LogP contribution in [0.1, 0.15) is 25.7 Å². The Morgan fingerprint density at radius 3 is 2.82 bits per heavy atom. The lowest BCUT2D eigenvalue weighted by atomic mass is 10.0. The number of amides is 1. The molecule has 0 aliphatic heterocycles. The zero-order valence-electron chi connectivity index (χ0n) is 12.3. The van der Waals surface area contributed by atoms with E-state index in [0.29, 0.717) is 29.7 Å². The fraction of sp³-hybridized carbons (Fsp3) is 0.294. The Morgan fingerprint density at radius 2 is 2.14 bits per heavy atom. The second-order valence-electron chi connectivity index (χ2n) is 5.16. The van der Waals surface area contributed by atoms with Gasteiger partial charge < -0.3 is 11.1 Å². The molecule has 1 amide bonds. The molecule has 0 unspecified atom stereocenters. The van der Waals surface area contributed by atoms with E-state index in [1.807, 2.05) is 6.08 Å². The third-order valence-electron chi connectivity index (χ3n) is 3.54. The van der Waals surface area contributed by atoms with E-state index < -0.39 is 0 Å². The van der Waals surface area contributed by atoms with Crippen molar-refractivity contribution in [3.8, 4) is 0 Å². The van der Waals surface area contributed by atoms with E-state index >= 15 is 0 Å². The molecule has 0 spiro atoms. The van der Waals surface area contributed by atoms with Crippen LogP contribution in [-0.4, -0.2) is 18.7 Å². The number of allylic oxidation sites excluding steroid dienone is 6. The molecule has 0 bridgehead atoms. The van der Waals surface area contributed by atoms with Gasteiger partial charge in [-0.05, 0) is 36.1 Å². The molecular formula is C17H19FN2O2. The molecule has 0 atom stereocenters. The predicted octanol–water partition coefficient (Wildman–Crippen LogP) is 2.36. The maximum Gasteiger partial charge on any atom is 0.228 e. The third-order valence-corrected chi connectivity index (χ3v) is 3.54. The summed E-state index contributed by atoms with van der Waals surface area (Å²) in [5, 5.41) is 2.74. The van der Waals surface area contributed by atoms with Crippen molar-refractivity contribution in [1.29, 1.82) is 0 Å². The first kappa shape index (κ1) is 16.1. The number of halogens is 1. The van der Waals surface area contributed by atoms with E-state index in [4.69, 9.17) is 5.73 Å². The summed E-state index contributed by atoms with van der Waals surface area (Å²) in [6, 6.07) is 0. The van der Waals surface area contributed by atoms with E-state index in [1.165, 1.54) is 6.08 Å². The molecule has 0 saturated heterocycles. The molecule has 22 heavy (non-hydrogen) atoms. The Balaban J connectivity index is 2.05. The van der Waals surface area contributed by atoms with Crippen molar-refractivity contribution in [2.75, 3.05) is 6.54 Å². The Morgan fingerprint density at radius 1 is 1.36 bits per heavy atom. The quantitative estimate of drug-likeness (QED) is 0.766. The summed E-state index contributed by atoms with van der Waals surface area (Å²) < 4.78 is 13.6. The molecule has 0 aromatic carbocycles. The normalized spacial score (nSPS) is 18.2. The number of nitrogens with two attached hydrogens (primary N) is 1. The molecule has 0 fully saturated rings. The second-order valence-corrected chi connectivity index (χ2v) is 5.16. The number of hydrogen-bond acceptors (Lipinski definition) is 3. The van der Waals surface area contributed by atoms with Gasteiger partial charge in [-0.15, -0.1) is 0 Å². The SMILES string of the molecule is NCC1=C(C=O)C=C(NC(=O)CC2=CCCC=C2F)CC=C1. The van der Waals surface area contributed by atoms with Crippen LogP contribution in [0.25, 0.3) is 0 Å². The van der Waals surface area contributed by atoms with E-state index in [2.05, 4.69) is 5.32 Å². The average molecular weight is 302 g/mol. The number of hydrogen-bond donors (Lipinski definition) is 2. The van der Waals surface area contributed by atoms with Gasteiger partial charge in [-0.25, -0.2) is 4.39 Å². The lowest BCUT2D eigenvalue weighted by Crippen LogP contribution is -2.23. The topological polar surface area (TPSA) is 72.2 Å². The summed E-state index contributed by atoms with van der Waals surface area (Å²) in [5.74, 6) is -0.618. The number of carbonyl (C=O) groups is 2. The van der Waals surface area contributed by atoms with Crippen LogP contribution in [0.5, 0.6) is 0 Å². The lowest BCUT2D eigenvalue weighted by Gasteiger charge is -2.11. The second kappa shape index (κ2) is 7.66. The maximum absolute atomic E-state index is 13.6. The van der Waals surface area contributed by atoms with Gasteiger partial charge in [0.1, 0.15) is 12.1 Å². The first-order chi connectivity index (χ1) is 10.6. The lowest BCUT2D eigenvalue weighted by molar-refractivity contribution is -0.119. The highest BCUT2D eigenvalue weighted by Crippen LogP contribution is 2.23. The minimum Gasteiger partial charge on any atom is -0.329 e. The molecule has 3 N–H and O–H groups in total. The smallest absolute Gasteiger partial charge is 0.228 e. The van der Waals surface area contributed by atoms with Crippen LogP contribution in [0.4, 0.5) is 4.39 Å². The number of aldehydes is 1. The highest BCUT2D eigenvalue weighted by Gasteiger charge is 2.14. The van der Waals surface area contributed by atoms with Crippen molar-refractivity contribution in [3.05, 3.63) is 58.6 Å². The summed E-state index contributed by atoms with van der Waals surface area (Å²) >= 11 is 0. The Labute approximate surface area is 128 Å². The van der Waals surface area contributed by atoms with Crippen molar-refractivity contribution >= 4 is 12.2 Å². The number of carbonyl (C=O) groups excluding carboxylic acids is 2. The first-order valence-corrected chi connectivity index (χ1v) is 7.24. The van der Waals surface area contributed by atoms with E-state index in [-0.39, 0.29) is 24.7 Å². The van der Waals surface area contributed by atoms with E-state index in [0.717, 1.165) is 18.3 Å². The van der Waals surface area contributed by atoms with Crippen LogP contribution < -0.4 is 11.1 Å². The van der Waals surface area contributed by atoms with Gasteiger partial charge in [0.05, 0.1) is 6.42 Å². The van der Waals surface area contributed by atoms with Crippen LogP contribution in [0.3, 0.4) is 0 Å². The van der Waals surface area contributed by atoms with Gasteiger partial charge in [0.25, 0.3) is 0 Å². The molecule has 0 saturated carbocycles. The molecular weight excluding hydrogens is 283 g/mol. The van der Waals surface area contributed by atoms with Crippen LogP contribution in [0, 0.1) is 0 Å². The first-order valence-electron chi connectivity index (χ1n) is 7.24. The summed E-state index contributed by atoms with van der Waals surface area (Å²) in [6.07, 6.45) is 11.1. The van der Waals surface area contributed by atoms with Crippen molar-refractivity contribution in [2.45, 2.75) is 25.7 Å². The molecule has 4 nitrogen and oxygen atoms in total. The van der Waals surface area contributed by atoms with Gasteiger partial charge in [-0.1, -0.05) is 18.2 Å². The van der Waals surface area contributed by atoms with Crippen LogP contribution >= 0.6 is 0 Å². The Bertz CT molecular complexity index is 625. The zero-order valence-corrected chi connectivity index (χ0v) is 12.3. The fourth-order valence-corrected chi connectivity index (χ4v) is 2.40. The van der Waals surface area contributed by atoms with Gasteiger partial charge in [-0.2, -0.15) is 0 Å². The predicted molar refractivity (Wildman–Crippen MR) is 83.3 cm³/mol. The monoisotopic (exact) mass is 302 g/mol. The van der Waals surface area contributed by atoms with Crippen molar-refractivity contribution in [2.24, 2.45) is 5.73 Å². The fourth-order valence-electron chi connectivity index (χ4n) is 2.40. The summed E-state index contributed by atoms with van der Waals surface area (Å²) in [5.41, 5.74) is 7.79. The molecule has 0 radical (unpaired) electrons. The molecule has 2 aliphatic carbocycles. The van der Waals surface area contributed by atoms with Crippen molar-refractivity contribution in [3.63, 3.8) is 0 Å². The van der Waals surface area contributed by atoms with E-state index in [1.54, 1.807) is 18.2 Å². The molecule has 2 aliphatic rings. The molecule has 0 heterocycles. The maximum atomic E-state index is 13.6. The van der Waals surface area contributed by atoms with E-state index in [9.17, 15) is 14.0 Å². The van der Waals surface area contributed by atoms with Gasteiger partial charge in [0, 0.05) is 24.2 Å². The minimum absolute atomic E-state index is 0.00668. The highest BCUT2D eigenvalue weighted by molar-refractivity contribution is 5.84. The van der Waals surface area contributed by atoms with Crippen molar-refractivity contribution < 1.29 is 14.0 Å². The molecule has 2 rings (SSSR count). The standard InChI is InChI=1S/C17H19FN2O2/c18-16-7-2-1-4-12(16)9-17(22)20-15-6-3-5-13(10-19)14(8-15)11-21/h3-5,7-8,11H,1-2,6,9-10,19H2,(H,20,22). The zero-order chi connectivity index (χ0) is 15.9. The van der Waals surface area contributed by atoms with Crippen LogP contribution in [-0.2, 0) is 9.59 Å². The number of nitrogens with one attached hydrogen (secondary N) is 1. The summed E-state index contributed by atoms with van der Waals surface area (Å²) in [7, 11) is 0. The number of rotatable bonds is 5. The largest absolute Gasteiger partial charge is 0.329 e. The highest BCUT2D eigenvalue weighted by atomic mass is 19.1. The average Bonchev–Trinajstić information content (AvgIpc) is 2.71. The van der Waals surface area contributed by atoms with Gasteiger partial charge in [-0.3, -0.25) is 9.59 Å². The van der Waals surface area contributed by atoms with Crippen molar-refractivity contribution in [1.82, 2.24) is 5.32 Å². The molecule has 5 heteroatoms. The van der Waals surface area contributed by atoms with Crippen LogP contribution in [0.2, 0.25) is 0 Å². The minimum atomic E-state index is -0.324. The Kier molecular flexibility index (Phi) is 5.61. The Hall–Kier alpha value is -2.27. The summed E-state index contributed by atoms with van der Waals surface area (Å²) in [4.78, 5) is 23.1. The molecule has 0 aromatic heterocycles. The van der Waals surface area contributed by atoms with Crippen LogP contribution in [0.15, 0.2) is 58.6 Å². The van der Waals surface area contributed by atoms with Gasteiger partial charge in [0.2, 0.25) is 5.91 Å². The third kappa shape index (κ3) is 4.11. The molecule has 0 aromatic rings. The molecule has 116 valence electrons. The summed E-state index contributed by atoms with van der Waals surface area (Å²) in [6.45, 7) is 0.255. The van der Waals surface area contributed by atoms with Gasteiger partial charge in [0.15, 0.2) is 0 Å².